The lowest BCUT2D eigenvalue weighted by Gasteiger charge is -2.15. The number of methoxy groups -OCH3 is 3. The van der Waals surface area contributed by atoms with Gasteiger partial charge in [0, 0.05) is 0 Å². The molecule has 1 unspecified atom stereocenters. The van der Waals surface area contributed by atoms with Crippen molar-refractivity contribution in [1.29, 1.82) is 0 Å². The summed E-state index contributed by atoms with van der Waals surface area (Å²) >= 11 is 0. The van der Waals surface area contributed by atoms with Crippen LogP contribution >= 0.6 is 0 Å². The highest BCUT2D eigenvalue weighted by Gasteiger charge is 2.10. The molecule has 6 heteroatoms. The number of anilines is 1. The second-order valence-corrected chi connectivity index (χ2v) is 4.42. The molecule has 0 spiro atoms. The highest BCUT2D eigenvalue weighted by molar-refractivity contribution is 5.38. The molecule has 1 aromatic heterocycles. The van der Waals surface area contributed by atoms with Gasteiger partial charge in [-0.1, -0.05) is 12.1 Å². The Bertz CT molecular complexity index is 565. The van der Waals surface area contributed by atoms with Crippen molar-refractivity contribution in [2.75, 3.05) is 26.6 Å². The van der Waals surface area contributed by atoms with Crippen LogP contribution in [0.25, 0.3) is 0 Å². The van der Waals surface area contributed by atoms with Gasteiger partial charge in [0.2, 0.25) is 17.7 Å². The lowest BCUT2D eigenvalue weighted by molar-refractivity contribution is 0.372. The van der Waals surface area contributed by atoms with Gasteiger partial charge in [-0.2, -0.15) is 9.97 Å². The molecule has 0 bridgehead atoms. The predicted molar refractivity (Wildman–Crippen MR) is 80.2 cm³/mol. The Morgan fingerprint density at radius 3 is 1.95 bits per heavy atom. The summed E-state index contributed by atoms with van der Waals surface area (Å²) in [6.45, 7) is 2.02. The molecule has 6 nitrogen and oxygen atoms in total. The van der Waals surface area contributed by atoms with E-state index < -0.39 is 0 Å². The van der Waals surface area contributed by atoms with Crippen molar-refractivity contribution in [2.24, 2.45) is 0 Å². The molecule has 0 aliphatic rings. The van der Waals surface area contributed by atoms with E-state index in [2.05, 4.69) is 15.3 Å². The number of hydrogen-bond acceptors (Lipinski definition) is 6. The summed E-state index contributed by atoms with van der Waals surface area (Å²) in [5, 5.41) is 3.22. The number of rotatable bonds is 6. The molecule has 0 aliphatic carbocycles. The molecule has 0 aliphatic heterocycles. The van der Waals surface area contributed by atoms with Crippen molar-refractivity contribution in [3.8, 4) is 17.5 Å². The van der Waals surface area contributed by atoms with Crippen LogP contribution < -0.4 is 19.5 Å². The van der Waals surface area contributed by atoms with Gasteiger partial charge in [0.15, 0.2) is 0 Å². The number of ether oxygens (including phenoxy) is 3. The second-order valence-electron chi connectivity index (χ2n) is 4.42. The quantitative estimate of drug-likeness (QED) is 0.882. The van der Waals surface area contributed by atoms with Gasteiger partial charge in [-0.3, -0.25) is 0 Å². The molecular formula is C15H19N3O3. The van der Waals surface area contributed by atoms with Gasteiger partial charge >= 0.3 is 0 Å². The number of aromatic nitrogens is 2. The molecule has 2 rings (SSSR count). The lowest BCUT2D eigenvalue weighted by atomic mass is 10.1. The minimum Gasteiger partial charge on any atom is -0.497 e. The van der Waals surface area contributed by atoms with Gasteiger partial charge < -0.3 is 19.5 Å². The SMILES string of the molecule is COc1ccc(C(C)Nc2nc(OC)cc(OC)n2)cc1. The number of nitrogens with one attached hydrogen (secondary N) is 1. The predicted octanol–water partition coefficient (Wildman–Crippen LogP) is 2.68. The Kier molecular flexibility index (Phi) is 4.81. The Hall–Kier alpha value is -2.50. The fraction of sp³-hybridized carbons (Fsp3) is 0.333. The van der Waals surface area contributed by atoms with E-state index in [0.29, 0.717) is 17.7 Å². The topological polar surface area (TPSA) is 65.5 Å². The molecule has 0 fully saturated rings. The van der Waals surface area contributed by atoms with Crippen molar-refractivity contribution in [3.63, 3.8) is 0 Å². The zero-order chi connectivity index (χ0) is 15.2. The van der Waals surface area contributed by atoms with Gasteiger partial charge in [-0.05, 0) is 24.6 Å². The van der Waals surface area contributed by atoms with Gasteiger partial charge in [-0.25, -0.2) is 0 Å². The Morgan fingerprint density at radius 1 is 0.905 bits per heavy atom. The number of nitrogens with zero attached hydrogens (tertiary/aromatic N) is 2. The van der Waals surface area contributed by atoms with Gasteiger partial charge in [0.25, 0.3) is 0 Å². The molecule has 1 N–H and O–H groups in total. The smallest absolute Gasteiger partial charge is 0.229 e. The molecule has 0 saturated carbocycles. The van der Waals surface area contributed by atoms with E-state index in [1.54, 1.807) is 27.4 Å². The molecule has 0 radical (unpaired) electrons. The third-order valence-corrected chi connectivity index (χ3v) is 3.06. The van der Waals surface area contributed by atoms with Crippen LogP contribution in [0.15, 0.2) is 30.3 Å². The average molecular weight is 289 g/mol. The van der Waals surface area contributed by atoms with Crippen LogP contribution in [0, 0.1) is 0 Å². The van der Waals surface area contributed by atoms with Gasteiger partial charge in [0.1, 0.15) is 5.75 Å². The highest BCUT2D eigenvalue weighted by Crippen LogP contribution is 2.23. The minimum absolute atomic E-state index is 0.0349. The van der Waals surface area contributed by atoms with Crippen LogP contribution in [0.2, 0.25) is 0 Å². The van der Waals surface area contributed by atoms with E-state index in [1.165, 1.54) is 0 Å². The fourth-order valence-corrected chi connectivity index (χ4v) is 1.85. The maximum absolute atomic E-state index is 5.15. The summed E-state index contributed by atoms with van der Waals surface area (Å²) in [5.74, 6) is 2.18. The summed E-state index contributed by atoms with van der Waals surface area (Å²) in [6.07, 6.45) is 0. The summed E-state index contributed by atoms with van der Waals surface area (Å²) in [4.78, 5) is 8.50. The molecule has 0 amide bonds. The summed E-state index contributed by atoms with van der Waals surface area (Å²) < 4.78 is 15.4. The van der Waals surface area contributed by atoms with Crippen LogP contribution in [0.3, 0.4) is 0 Å². The number of hydrogen-bond donors (Lipinski definition) is 1. The van der Waals surface area contributed by atoms with E-state index >= 15 is 0 Å². The van der Waals surface area contributed by atoms with E-state index in [9.17, 15) is 0 Å². The summed E-state index contributed by atoms with van der Waals surface area (Å²) in [6, 6.07) is 9.49. The normalized spacial score (nSPS) is 11.6. The molecule has 1 heterocycles. The van der Waals surface area contributed by atoms with E-state index in [-0.39, 0.29) is 6.04 Å². The van der Waals surface area contributed by atoms with Crippen LogP contribution in [0.1, 0.15) is 18.5 Å². The van der Waals surface area contributed by atoms with Gasteiger partial charge in [0.05, 0.1) is 33.4 Å². The first-order valence-corrected chi connectivity index (χ1v) is 6.53. The van der Waals surface area contributed by atoms with Crippen LogP contribution in [-0.4, -0.2) is 31.3 Å². The fourth-order valence-electron chi connectivity index (χ4n) is 1.85. The summed E-state index contributed by atoms with van der Waals surface area (Å²) in [7, 11) is 4.75. The third-order valence-electron chi connectivity index (χ3n) is 3.06. The molecule has 2 aromatic rings. The van der Waals surface area contributed by atoms with Crippen LogP contribution in [0.4, 0.5) is 5.95 Å². The Balaban J connectivity index is 2.15. The zero-order valence-corrected chi connectivity index (χ0v) is 12.6. The van der Waals surface area contributed by atoms with Crippen LogP contribution in [0.5, 0.6) is 17.5 Å². The molecule has 0 saturated heterocycles. The Morgan fingerprint density at radius 2 is 1.48 bits per heavy atom. The highest BCUT2D eigenvalue weighted by atomic mass is 16.5. The van der Waals surface area contributed by atoms with Crippen molar-refractivity contribution in [1.82, 2.24) is 9.97 Å². The average Bonchev–Trinajstić information content (AvgIpc) is 2.54. The molecular weight excluding hydrogens is 270 g/mol. The second kappa shape index (κ2) is 6.78. The standard InChI is InChI=1S/C15H19N3O3/c1-10(11-5-7-12(19-2)8-6-11)16-15-17-13(20-3)9-14(18-15)21-4/h5-10H,1-4H3,(H,16,17,18). The van der Waals surface area contributed by atoms with E-state index in [0.717, 1.165) is 11.3 Å². The molecule has 1 atom stereocenters. The lowest BCUT2D eigenvalue weighted by Crippen LogP contribution is -2.10. The minimum atomic E-state index is 0.0349. The van der Waals surface area contributed by atoms with Gasteiger partial charge in [-0.15, -0.1) is 0 Å². The van der Waals surface area contributed by atoms with Crippen molar-refractivity contribution < 1.29 is 14.2 Å². The van der Waals surface area contributed by atoms with Crippen molar-refractivity contribution >= 4 is 5.95 Å². The first kappa shape index (κ1) is 14.9. The first-order chi connectivity index (χ1) is 10.2. The Labute approximate surface area is 124 Å². The molecule has 112 valence electrons. The molecule has 1 aromatic carbocycles. The largest absolute Gasteiger partial charge is 0.497 e. The zero-order valence-electron chi connectivity index (χ0n) is 12.6. The van der Waals surface area contributed by atoms with Crippen LogP contribution in [-0.2, 0) is 0 Å². The third kappa shape index (κ3) is 3.75. The maximum atomic E-state index is 5.15. The number of benzene rings is 1. The molecule has 21 heavy (non-hydrogen) atoms. The van der Waals surface area contributed by atoms with Crippen molar-refractivity contribution in [3.05, 3.63) is 35.9 Å². The monoisotopic (exact) mass is 289 g/mol. The van der Waals surface area contributed by atoms with E-state index in [4.69, 9.17) is 14.2 Å². The van der Waals surface area contributed by atoms with Crippen molar-refractivity contribution in [2.45, 2.75) is 13.0 Å². The summed E-state index contributed by atoms with van der Waals surface area (Å²) in [5.41, 5.74) is 1.10. The van der Waals surface area contributed by atoms with E-state index in [1.807, 2.05) is 31.2 Å². The first-order valence-electron chi connectivity index (χ1n) is 6.53. The maximum Gasteiger partial charge on any atom is 0.229 e.